The Morgan fingerprint density at radius 2 is 2.07 bits per heavy atom. The van der Waals surface area contributed by atoms with E-state index in [2.05, 4.69) is 15.9 Å². The number of aryl methyl sites for hydroxylation is 1. The Morgan fingerprint density at radius 1 is 1.47 bits per heavy atom. The molecule has 0 spiro atoms. The van der Waals surface area contributed by atoms with E-state index in [1.807, 2.05) is 13.8 Å². The molecule has 1 aromatic rings. The van der Waals surface area contributed by atoms with Gasteiger partial charge in [-0.3, -0.25) is 0 Å². The molecule has 1 atom stereocenters. The first-order valence-electron chi connectivity index (χ1n) is 5.26. The van der Waals surface area contributed by atoms with Gasteiger partial charge in [0.15, 0.2) is 0 Å². The predicted octanol–water partition coefficient (Wildman–Crippen LogP) is 3.18. The summed E-state index contributed by atoms with van der Waals surface area (Å²) in [5.74, 6) is 0.900. The second-order valence-electron chi connectivity index (χ2n) is 4.43. The van der Waals surface area contributed by atoms with E-state index in [1.54, 1.807) is 6.07 Å². The molecule has 1 aromatic carbocycles. The molecule has 3 heteroatoms. The van der Waals surface area contributed by atoms with Crippen LogP contribution in [0.4, 0.5) is 0 Å². The molecule has 0 bridgehead atoms. The summed E-state index contributed by atoms with van der Waals surface area (Å²) in [5, 5.41) is 9.94. The molecule has 0 saturated heterocycles. The van der Waals surface area contributed by atoms with Crippen LogP contribution in [0.25, 0.3) is 0 Å². The number of hydrogen-bond acceptors (Lipinski definition) is 2. The maximum Gasteiger partial charge on any atom is 0.120 e. The zero-order valence-corrected chi connectivity index (χ0v) is 10.6. The van der Waals surface area contributed by atoms with E-state index in [1.165, 1.54) is 12.8 Å². The van der Waals surface area contributed by atoms with Crippen LogP contribution in [0, 0.1) is 19.8 Å². The molecule has 0 unspecified atom stereocenters. The topological polar surface area (TPSA) is 46.2 Å². The fourth-order valence-corrected chi connectivity index (χ4v) is 2.39. The lowest BCUT2D eigenvalue weighted by Crippen LogP contribution is -2.14. The zero-order chi connectivity index (χ0) is 11.2. The summed E-state index contributed by atoms with van der Waals surface area (Å²) < 4.78 is 1.06. The minimum absolute atomic E-state index is 0.0121. The van der Waals surface area contributed by atoms with Crippen LogP contribution in [-0.4, -0.2) is 5.11 Å². The Balaban J connectivity index is 2.49. The van der Waals surface area contributed by atoms with Gasteiger partial charge < -0.3 is 10.8 Å². The molecule has 2 nitrogen and oxygen atoms in total. The number of hydrogen-bond donors (Lipinski definition) is 2. The lowest BCUT2D eigenvalue weighted by Gasteiger charge is -2.18. The van der Waals surface area contributed by atoms with Crippen LogP contribution in [0.15, 0.2) is 10.5 Å². The summed E-state index contributed by atoms with van der Waals surface area (Å²) in [6.07, 6.45) is 2.37. The molecule has 1 aliphatic carbocycles. The van der Waals surface area contributed by atoms with E-state index >= 15 is 0 Å². The van der Waals surface area contributed by atoms with Gasteiger partial charge in [0.25, 0.3) is 0 Å². The SMILES string of the molecule is Cc1cc(O)c([C@H](N)C2CC2)c(C)c1Br. The van der Waals surface area contributed by atoms with Gasteiger partial charge in [-0.25, -0.2) is 0 Å². The molecule has 0 aliphatic heterocycles. The minimum Gasteiger partial charge on any atom is -0.508 e. The minimum atomic E-state index is -0.0121. The highest BCUT2D eigenvalue weighted by Gasteiger charge is 2.32. The second-order valence-corrected chi connectivity index (χ2v) is 5.22. The highest BCUT2D eigenvalue weighted by molar-refractivity contribution is 9.10. The Kier molecular flexibility index (Phi) is 2.77. The van der Waals surface area contributed by atoms with Gasteiger partial charge in [-0.05, 0) is 49.8 Å². The van der Waals surface area contributed by atoms with Crippen molar-refractivity contribution in [1.82, 2.24) is 0 Å². The van der Waals surface area contributed by atoms with Gasteiger partial charge >= 0.3 is 0 Å². The summed E-state index contributed by atoms with van der Waals surface area (Å²) in [6.45, 7) is 3.98. The van der Waals surface area contributed by atoms with Crippen LogP contribution < -0.4 is 5.73 Å². The maximum absolute atomic E-state index is 9.94. The van der Waals surface area contributed by atoms with Crippen molar-refractivity contribution in [2.75, 3.05) is 0 Å². The molecule has 1 saturated carbocycles. The van der Waals surface area contributed by atoms with Gasteiger partial charge in [0, 0.05) is 16.1 Å². The third kappa shape index (κ3) is 1.91. The maximum atomic E-state index is 9.94. The number of benzene rings is 1. The first-order chi connectivity index (χ1) is 7.02. The fraction of sp³-hybridized carbons (Fsp3) is 0.500. The molecule has 15 heavy (non-hydrogen) atoms. The zero-order valence-electron chi connectivity index (χ0n) is 9.05. The summed E-state index contributed by atoms with van der Waals surface area (Å²) in [6, 6.07) is 1.77. The van der Waals surface area contributed by atoms with E-state index in [-0.39, 0.29) is 6.04 Å². The molecular formula is C12H16BrNO. The summed E-state index contributed by atoms with van der Waals surface area (Å²) in [4.78, 5) is 0. The summed E-state index contributed by atoms with van der Waals surface area (Å²) >= 11 is 3.54. The number of phenols is 1. The number of nitrogens with two attached hydrogens (primary N) is 1. The third-order valence-electron chi connectivity index (χ3n) is 3.17. The van der Waals surface area contributed by atoms with Crippen molar-refractivity contribution < 1.29 is 5.11 Å². The molecule has 1 aliphatic rings. The number of rotatable bonds is 2. The van der Waals surface area contributed by atoms with Crippen LogP contribution in [0.2, 0.25) is 0 Å². The van der Waals surface area contributed by atoms with Crippen LogP contribution in [-0.2, 0) is 0 Å². The van der Waals surface area contributed by atoms with Crippen LogP contribution in [0.3, 0.4) is 0 Å². The summed E-state index contributed by atoms with van der Waals surface area (Å²) in [5.41, 5.74) is 9.18. The van der Waals surface area contributed by atoms with E-state index in [9.17, 15) is 5.11 Å². The Labute approximate surface area is 98.6 Å². The fourth-order valence-electron chi connectivity index (χ4n) is 2.06. The molecule has 3 N–H and O–H groups in total. The average molecular weight is 270 g/mol. The van der Waals surface area contributed by atoms with Gasteiger partial charge in [-0.15, -0.1) is 0 Å². The largest absolute Gasteiger partial charge is 0.508 e. The van der Waals surface area contributed by atoms with Crippen molar-refractivity contribution in [3.63, 3.8) is 0 Å². The van der Waals surface area contributed by atoms with Gasteiger partial charge in [-0.2, -0.15) is 0 Å². The molecule has 0 heterocycles. The summed E-state index contributed by atoms with van der Waals surface area (Å²) in [7, 11) is 0. The number of halogens is 1. The first-order valence-corrected chi connectivity index (χ1v) is 6.05. The van der Waals surface area contributed by atoms with Gasteiger partial charge in [0.05, 0.1) is 0 Å². The number of aromatic hydroxyl groups is 1. The van der Waals surface area contributed by atoms with Crippen LogP contribution in [0.5, 0.6) is 5.75 Å². The molecule has 82 valence electrons. The van der Waals surface area contributed by atoms with Crippen molar-refractivity contribution in [3.05, 3.63) is 27.2 Å². The smallest absolute Gasteiger partial charge is 0.120 e. The molecule has 2 rings (SSSR count). The molecule has 0 radical (unpaired) electrons. The van der Waals surface area contributed by atoms with Crippen LogP contribution >= 0.6 is 15.9 Å². The lowest BCUT2D eigenvalue weighted by molar-refractivity contribution is 0.454. The van der Waals surface area contributed by atoms with Gasteiger partial charge in [0.2, 0.25) is 0 Å². The van der Waals surface area contributed by atoms with Crippen molar-refractivity contribution >= 4 is 15.9 Å². The van der Waals surface area contributed by atoms with Crippen LogP contribution in [0.1, 0.15) is 35.6 Å². The van der Waals surface area contributed by atoms with E-state index in [0.29, 0.717) is 11.7 Å². The lowest BCUT2D eigenvalue weighted by atomic mass is 9.95. The van der Waals surface area contributed by atoms with Crippen molar-refractivity contribution in [2.45, 2.75) is 32.7 Å². The van der Waals surface area contributed by atoms with E-state index < -0.39 is 0 Å². The molecule has 1 fully saturated rings. The Bertz CT molecular complexity index is 399. The molecule has 0 aromatic heterocycles. The standard InChI is InChI=1S/C12H16BrNO/c1-6-5-9(15)10(7(2)11(6)13)12(14)8-3-4-8/h5,8,12,15H,3-4,14H2,1-2H3/t12-/m1/s1. The number of phenolic OH excluding ortho intramolecular Hbond substituents is 1. The van der Waals surface area contributed by atoms with Crippen molar-refractivity contribution in [3.8, 4) is 5.75 Å². The highest BCUT2D eigenvalue weighted by Crippen LogP contribution is 2.44. The predicted molar refractivity (Wildman–Crippen MR) is 64.9 cm³/mol. The van der Waals surface area contributed by atoms with Crippen molar-refractivity contribution in [1.29, 1.82) is 0 Å². The Morgan fingerprint density at radius 3 is 2.60 bits per heavy atom. The average Bonchev–Trinajstić information content (AvgIpc) is 2.97. The third-order valence-corrected chi connectivity index (χ3v) is 4.39. The second kappa shape index (κ2) is 3.80. The monoisotopic (exact) mass is 269 g/mol. The van der Waals surface area contributed by atoms with Crippen molar-refractivity contribution in [2.24, 2.45) is 11.7 Å². The van der Waals surface area contributed by atoms with Gasteiger partial charge in [0.1, 0.15) is 5.75 Å². The molecule has 0 amide bonds. The molecular weight excluding hydrogens is 254 g/mol. The quantitative estimate of drug-likeness (QED) is 0.867. The van der Waals surface area contributed by atoms with E-state index in [4.69, 9.17) is 5.73 Å². The Hall–Kier alpha value is -0.540. The van der Waals surface area contributed by atoms with Gasteiger partial charge in [-0.1, -0.05) is 15.9 Å². The van der Waals surface area contributed by atoms with E-state index in [0.717, 1.165) is 21.2 Å². The normalized spacial score (nSPS) is 17.9. The first kappa shape index (κ1) is 11.0. The highest BCUT2D eigenvalue weighted by atomic mass is 79.9.